The van der Waals surface area contributed by atoms with Crippen molar-refractivity contribution in [3.8, 4) is 11.1 Å². The molecule has 2 aromatic carbocycles. The molecule has 10 nitrogen and oxygen atoms in total. The quantitative estimate of drug-likeness (QED) is 0.259. The van der Waals surface area contributed by atoms with Gasteiger partial charge in [0.25, 0.3) is 0 Å². The van der Waals surface area contributed by atoms with Crippen LogP contribution in [0.5, 0.6) is 0 Å². The van der Waals surface area contributed by atoms with Crippen LogP contribution in [-0.2, 0) is 17.8 Å². The van der Waals surface area contributed by atoms with Gasteiger partial charge in [0.2, 0.25) is 5.91 Å². The number of piperazine rings is 1. The van der Waals surface area contributed by atoms with Gasteiger partial charge in [0.05, 0.1) is 36.0 Å². The molecule has 0 saturated carbocycles. The van der Waals surface area contributed by atoms with Gasteiger partial charge in [0, 0.05) is 63.1 Å². The summed E-state index contributed by atoms with van der Waals surface area (Å²) in [6, 6.07) is 19.0. The summed E-state index contributed by atoms with van der Waals surface area (Å²) in [5, 5.41) is 14.5. The Kier molecular flexibility index (Phi) is 8.16. The minimum Gasteiger partial charge on any atom is -0.396 e. The number of likely N-dealkylation sites (N-methyl/N-ethyl adjacent to an activating group) is 1. The molecule has 6 rings (SSSR count). The van der Waals surface area contributed by atoms with Crippen molar-refractivity contribution in [2.24, 2.45) is 0 Å². The Hall–Kier alpha value is -4.28. The normalized spacial score (nSPS) is 14.6. The molecule has 0 unspecified atom stereocenters. The lowest BCUT2D eigenvalue weighted by Gasteiger charge is -2.34. The van der Waals surface area contributed by atoms with E-state index in [-0.39, 0.29) is 5.91 Å². The zero-order valence-electron chi connectivity index (χ0n) is 24.5. The second-order valence-electron chi connectivity index (χ2n) is 11.4. The molecule has 4 heterocycles. The Balaban J connectivity index is 1.12. The van der Waals surface area contributed by atoms with E-state index in [1.807, 2.05) is 29.4 Å². The highest BCUT2D eigenvalue weighted by Crippen LogP contribution is 2.33. The Morgan fingerprint density at radius 2 is 1.76 bits per heavy atom. The topological polar surface area (TPSA) is 101 Å². The first-order valence-electron chi connectivity index (χ1n) is 14.7. The van der Waals surface area contributed by atoms with Crippen LogP contribution in [0.4, 0.5) is 5.69 Å². The molecule has 2 N–H and O–H groups in total. The number of hydrogen-bond donors (Lipinski definition) is 1. The zero-order valence-corrected chi connectivity index (χ0v) is 24.5. The summed E-state index contributed by atoms with van der Waals surface area (Å²) in [5.74, 6) is 0.170. The first-order chi connectivity index (χ1) is 20.4. The molecule has 0 radical (unpaired) electrons. The molecule has 0 bridgehead atoms. The number of aryl methyl sites for hydroxylation is 1. The van der Waals surface area contributed by atoms with Gasteiger partial charge in [-0.3, -0.25) is 14.4 Å². The number of benzene rings is 2. The summed E-state index contributed by atoms with van der Waals surface area (Å²) in [7, 11) is 3.63. The lowest BCUT2D eigenvalue weighted by molar-refractivity contribution is -0.130. The second kappa shape index (κ2) is 12.3. The number of anilines is 1. The summed E-state index contributed by atoms with van der Waals surface area (Å²) in [4.78, 5) is 18.4. The van der Waals surface area contributed by atoms with E-state index < -0.39 is 0 Å². The van der Waals surface area contributed by atoms with Crippen molar-refractivity contribution in [3.05, 3.63) is 78.2 Å². The molecule has 0 aliphatic carbocycles. The zero-order chi connectivity index (χ0) is 29.1. The molecule has 1 fully saturated rings. The fraction of sp³-hybridized carbons (Fsp3) is 0.375. The van der Waals surface area contributed by atoms with Crippen LogP contribution in [0, 0.1) is 0 Å². The molecule has 1 aliphatic rings. The second-order valence-corrected chi connectivity index (χ2v) is 11.4. The molecule has 1 aliphatic heterocycles. The van der Waals surface area contributed by atoms with E-state index in [4.69, 9.17) is 10.8 Å². The molecule has 218 valence electrons. The fourth-order valence-electron chi connectivity index (χ4n) is 5.76. The number of aromatic nitrogens is 5. The summed E-state index contributed by atoms with van der Waals surface area (Å²) >= 11 is 0. The first kappa shape index (κ1) is 27.9. The number of nitrogens with two attached hydrogens (primary N) is 1. The maximum atomic E-state index is 12.0. The molecule has 1 amide bonds. The van der Waals surface area contributed by atoms with Gasteiger partial charge in [0.1, 0.15) is 0 Å². The standard InChI is InChI=1S/C32H39N9O/c1-37(2)31(42)23-39-16-14-38(15-17-39)13-7-6-10-27-19-28(32-29(33)20-34-36-41(27)32)25-11-12-26-22-40(35-30(26)18-25)21-24-8-4-3-5-9-24/h3-5,8-9,11-12,18-20,22H,6-7,10,13-17,21,23,33H2,1-2H3. The van der Waals surface area contributed by atoms with Crippen LogP contribution in [0.1, 0.15) is 24.1 Å². The number of unbranched alkanes of at least 4 members (excludes halogenated alkanes) is 1. The van der Waals surface area contributed by atoms with Crippen LogP contribution < -0.4 is 5.73 Å². The average Bonchev–Trinajstić information content (AvgIpc) is 3.57. The molecule has 10 heteroatoms. The van der Waals surface area contributed by atoms with Gasteiger partial charge >= 0.3 is 0 Å². The Labute approximate surface area is 246 Å². The summed E-state index contributed by atoms with van der Waals surface area (Å²) in [6.07, 6.45) is 6.76. The largest absolute Gasteiger partial charge is 0.396 e. The summed E-state index contributed by atoms with van der Waals surface area (Å²) in [5.41, 5.74) is 13.4. The van der Waals surface area contributed by atoms with Crippen molar-refractivity contribution in [1.82, 2.24) is 39.3 Å². The van der Waals surface area contributed by atoms with Gasteiger partial charge in [-0.1, -0.05) is 47.7 Å². The van der Waals surface area contributed by atoms with Gasteiger partial charge in [-0.2, -0.15) is 5.10 Å². The number of carbonyl (C=O) groups is 1. The molecule has 1 saturated heterocycles. The van der Waals surface area contributed by atoms with Gasteiger partial charge in [-0.15, -0.1) is 5.10 Å². The van der Waals surface area contributed by atoms with Crippen molar-refractivity contribution >= 4 is 28.0 Å². The fourth-order valence-corrected chi connectivity index (χ4v) is 5.76. The minimum absolute atomic E-state index is 0.170. The van der Waals surface area contributed by atoms with Crippen LogP contribution in [0.25, 0.3) is 27.5 Å². The smallest absolute Gasteiger partial charge is 0.236 e. The number of carbonyl (C=O) groups excluding carboxylic acids is 1. The monoisotopic (exact) mass is 565 g/mol. The van der Waals surface area contributed by atoms with E-state index in [0.717, 1.165) is 91.8 Å². The highest BCUT2D eigenvalue weighted by Gasteiger charge is 2.20. The van der Waals surface area contributed by atoms with Gasteiger partial charge < -0.3 is 15.5 Å². The molecule has 42 heavy (non-hydrogen) atoms. The molecule has 0 spiro atoms. The molecule has 3 aromatic heterocycles. The predicted molar refractivity (Wildman–Crippen MR) is 166 cm³/mol. The van der Waals surface area contributed by atoms with Crippen molar-refractivity contribution in [3.63, 3.8) is 0 Å². The Morgan fingerprint density at radius 3 is 2.55 bits per heavy atom. The number of hydrogen-bond acceptors (Lipinski definition) is 7. The number of amides is 1. The SMILES string of the molecule is CN(C)C(=O)CN1CCN(CCCCc2cc(-c3ccc4cn(Cc5ccccc5)nc4c3)c3c(N)cnnn23)CC1. The highest BCUT2D eigenvalue weighted by atomic mass is 16.2. The molecular formula is C32H39N9O. The predicted octanol–water partition coefficient (Wildman–Crippen LogP) is 3.41. The maximum absolute atomic E-state index is 12.0. The van der Waals surface area contributed by atoms with Gasteiger partial charge in [0.15, 0.2) is 0 Å². The van der Waals surface area contributed by atoms with Crippen LogP contribution in [0.3, 0.4) is 0 Å². The number of nitrogen functional groups attached to an aromatic ring is 1. The third kappa shape index (κ3) is 6.14. The van der Waals surface area contributed by atoms with E-state index in [0.29, 0.717) is 12.2 Å². The van der Waals surface area contributed by atoms with E-state index >= 15 is 0 Å². The van der Waals surface area contributed by atoms with Gasteiger partial charge in [-0.25, -0.2) is 4.52 Å². The maximum Gasteiger partial charge on any atom is 0.236 e. The van der Waals surface area contributed by atoms with Crippen molar-refractivity contribution in [1.29, 1.82) is 0 Å². The van der Waals surface area contributed by atoms with E-state index in [9.17, 15) is 4.79 Å². The first-order valence-corrected chi connectivity index (χ1v) is 14.7. The number of fused-ring (bicyclic) bond motifs is 2. The summed E-state index contributed by atoms with van der Waals surface area (Å²) < 4.78 is 3.90. The number of nitrogens with zero attached hydrogens (tertiary/aromatic N) is 8. The minimum atomic E-state index is 0.170. The van der Waals surface area contributed by atoms with Crippen molar-refractivity contribution in [2.75, 3.05) is 59.1 Å². The van der Waals surface area contributed by atoms with Crippen LogP contribution in [-0.4, -0.2) is 98.6 Å². The van der Waals surface area contributed by atoms with Crippen LogP contribution in [0.2, 0.25) is 0 Å². The van der Waals surface area contributed by atoms with Crippen LogP contribution >= 0.6 is 0 Å². The van der Waals surface area contributed by atoms with E-state index in [1.54, 1.807) is 11.1 Å². The van der Waals surface area contributed by atoms with Crippen LogP contribution in [0.15, 0.2) is 67.0 Å². The lowest BCUT2D eigenvalue weighted by atomic mass is 10.0. The van der Waals surface area contributed by atoms with E-state index in [1.165, 1.54) is 5.56 Å². The van der Waals surface area contributed by atoms with Gasteiger partial charge in [-0.05, 0) is 49.1 Å². The Bertz CT molecular complexity index is 1670. The third-order valence-corrected chi connectivity index (χ3v) is 8.19. The lowest BCUT2D eigenvalue weighted by Crippen LogP contribution is -2.49. The van der Waals surface area contributed by atoms with Crippen molar-refractivity contribution in [2.45, 2.75) is 25.8 Å². The van der Waals surface area contributed by atoms with Crippen molar-refractivity contribution < 1.29 is 4.79 Å². The van der Waals surface area contributed by atoms with E-state index in [2.05, 4.69) is 74.8 Å². The molecule has 0 atom stereocenters. The summed E-state index contributed by atoms with van der Waals surface area (Å²) in [6.45, 7) is 6.19. The Morgan fingerprint density at radius 1 is 0.976 bits per heavy atom. The highest BCUT2D eigenvalue weighted by molar-refractivity contribution is 5.93. The third-order valence-electron chi connectivity index (χ3n) is 8.19. The molecule has 5 aromatic rings. The number of rotatable bonds is 10. The molecular weight excluding hydrogens is 526 g/mol. The average molecular weight is 566 g/mol.